The normalized spacial score (nSPS) is 19.1. The quantitative estimate of drug-likeness (QED) is 0.577. The first kappa shape index (κ1) is 11.9. The van der Waals surface area contributed by atoms with Crippen molar-refractivity contribution in [2.24, 2.45) is 0 Å². The highest BCUT2D eigenvalue weighted by Crippen LogP contribution is 2.12. The first-order chi connectivity index (χ1) is 8.15. The molecule has 1 fully saturated rings. The molecule has 1 unspecified atom stereocenters. The summed E-state index contributed by atoms with van der Waals surface area (Å²) < 4.78 is 9.72. The molecule has 17 heavy (non-hydrogen) atoms. The Kier molecular flexibility index (Phi) is 3.58. The molecule has 1 atom stereocenters. The van der Waals surface area contributed by atoms with Crippen LogP contribution in [0.1, 0.15) is 19.1 Å². The fourth-order valence-electron chi connectivity index (χ4n) is 1.88. The molecule has 2 heterocycles. The fraction of sp³-hybridized carbons (Fsp3) is 0.500. The number of morpholine rings is 1. The molecule has 1 aliphatic heterocycles. The Labute approximate surface area is 99.3 Å². The molecule has 0 radical (unpaired) electrons. The van der Waals surface area contributed by atoms with Crippen molar-refractivity contribution in [2.75, 3.05) is 13.1 Å². The molecular weight excluding hydrogens is 222 g/mol. The van der Waals surface area contributed by atoms with Gasteiger partial charge >= 0.3 is 11.9 Å². The second-order valence-corrected chi connectivity index (χ2v) is 4.22. The molecular formula is C12H15NO4. The summed E-state index contributed by atoms with van der Waals surface area (Å²) in [6.45, 7) is 2.37. The second kappa shape index (κ2) is 5.14. The summed E-state index contributed by atoms with van der Waals surface area (Å²) >= 11 is 0. The van der Waals surface area contributed by atoms with Crippen LogP contribution in [-0.2, 0) is 20.7 Å². The van der Waals surface area contributed by atoms with E-state index in [0.29, 0.717) is 0 Å². The summed E-state index contributed by atoms with van der Waals surface area (Å²) in [5, 5.41) is 0. The maximum absolute atomic E-state index is 11.1. The Bertz CT molecular complexity index is 383. The van der Waals surface area contributed by atoms with Crippen LogP contribution in [0.2, 0.25) is 0 Å². The number of nitrogens with zero attached hydrogens (tertiary/aromatic N) is 1. The average molecular weight is 237 g/mol. The highest BCUT2D eigenvalue weighted by atomic mass is 16.6. The minimum atomic E-state index is -0.467. The summed E-state index contributed by atoms with van der Waals surface area (Å²) in [6, 6.07) is 3.92. The smallest absolute Gasteiger partial charge is 0.327 e. The minimum absolute atomic E-state index is 0.150. The maximum atomic E-state index is 11.1. The summed E-state index contributed by atoms with van der Waals surface area (Å²) in [4.78, 5) is 24.1. The number of hydrogen-bond acceptors (Lipinski definition) is 5. The lowest BCUT2D eigenvalue weighted by atomic mass is 10.1. The van der Waals surface area contributed by atoms with Crippen LogP contribution >= 0.6 is 0 Å². The molecule has 1 aromatic heterocycles. The molecule has 0 amide bonds. The number of aryl methyl sites for hydroxylation is 1. The van der Waals surface area contributed by atoms with E-state index in [9.17, 15) is 9.59 Å². The average Bonchev–Trinajstić information content (AvgIpc) is 2.77. The van der Waals surface area contributed by atoms with E-state index in [1.54, 1.807) is 6.26 Å². The van der Waals surface area contributed by atoms with Gasteiger partial charge in [-0.2, -0.15) is 0 Å². The van der Waals surface area contributed by atoms with Gasteiger partial charge in [-0.15, -0.1) is 0 Å². The second-order valence-electron chi connectivity index (χ2n) is 4.22. The Morgan fingerprint density at radius 1 is 1.35 bits per heavy atom. The molecule has 0 N–H and O–H groups in total. The van der Waals surface area contributed by atoms with Crippen molar-refractivity contribution >= 4 is 11.9 Å². The molecule has 1 aromatic rings. The van der Waals surface area contributed by atoms with Gasteiger partial charge in [-0.1, -0.05) is 0 Å². The maximum Gasteiger partial charge on any atom is 0.327 e. The van der Waals surface area contributed by atoms with Crippen LogP contribution in [0.3, 0.4) is 0 Å². The van der Waals surface area contributed by atoms with Crippen molar-refractivity contribution in [3.05, 3.63) is 24.2 Å². The number of furan rings is 1. The first-order valence-corrected chi connectivity index (χ1v) is 5.65. The highest BCUT2D eigenvalue weighted by molar-refractivity contribution is 5.90. The number of carbonyl (C=O) groups is 2. The summed E-state index contributed by atoms with van der Waals surface area (Å²) in [6.07, 6.45) is 3.28. The Morgan fingerprint density at radius 2 is 2.06 bits per heavy atom. The molecule has 0 spiro atoms. The van der Waals surface area contributed by atoms with E-state index in [-0.39, 0.29) is 19.1 Å². The van der Waals surface area contributed by atoms with E-state index in [1.165, 1.54) is 0 Å². The van der Waals surface area contributed by atoms with Crippen LogP contribution in [0.25, 0.3) is 0 Å². The van der Waals surface area contributed by atoms with Gasteiger partial charge in [0.05, 0.1) is 19.4 Å². The van der Waals surface area contributed by atoms with Crippen molar-refractivity contribution in [1.29, 1.82) is 0 Å². The van der Waals surface area contributed by atoms with E-state index >= 15 is 0 Å². The molecule has 1 saturated heterocycles. The predicted octanol–water partition coefficient (Wildman–Crippen LogP) is 0.986. The molecule has 5 heteroatoms. The zero-order valence-electron chi connectivity index (χ0n) is 9.72. The summed E-state index contributed by atoms with van der Waals surface area (Å²) in [5.74, 6) is -0.0139. The third-order valence-electron chi connectivity index (χ3n) is 2.90. The van der Waals surface area contributed by atoms with Crippen LogP contribution in [0.15, 0.2) is 22.8 Å². The third-order valence-corrected chi connectivity index (χ3v) is 2.90. The SMILES string of the molecule is CC(CCc1ccco1)N1CC(=O)OC(=O)C1. The van der Waals surface area contributed by atoms with Crippen molar-refractivity contribution in [3.63, 3.8) is 0 Å². The van der Waals surface area contributed by atoms with Gasteiger partial charge < -0.3 is 9.15 Å². The lowest BCUT2D eigenvalue weighted by Gasteiger charge is -2.29. The topological polar surface area (TPSA) is 59.8 Å². The van der Waals surface area contributed by atoms with Gasteiger partial charge in [0.25, 0.3) is 0 Å². The van der Waals surface area contributed by atoms with Crippen LogP contribution < -0.4 is 0 Å². The van der Waals surface area contributed by atoms with Crippen molar-refractivity contribution in [3.8, 4) is 0 Å². The van der Waals surface area contributed by atoms with Gasteiger partial charge in [-0.25, -0.2) is 0 Å². The molecule has 92 valence electrons. The Morgan fingerprint density at radius 3 is 2.65 bits per heavy atom. The molecule has 0 aromatic carbocycles. The van der Waals surface area contributed by atoms with Gasteiger partial charge in [0.1, 0.15) is 5.76 Å². The predicted molar refractivity (Wildman–Crippen MR) is 59.2 cm³/mol. The van der Waals surface area contributed by atoms with Crippen LogP contribution in [0, 0.1) is 0 Å². The van der Waals surface area contributed by atoms with Gasteiger partial charge in [0.15, 0.2) is 0 Å². The molecule has 0 saturated carbocycles. The van der Waals surface area contributed by atoms with E-state index in [0.717, 1.165) is 18.6 Å². The van der Waals surface area contributed by atoms with Crippen LogP contribution in [0.5, 0.6) is 0 Å². The van der Waals surface area contributed by atoms with Crippen molar-refractivity contribution in [2.45, 2.75) is 25.8 Å². The zero-order chi connectivity index (χ0) is 12.3. The number of esters is 2. The molecule has 0 bridgehead atoms. The number of rotatable bonds is 4. The van der Waals surface area contributed by atoms with E-state index < -0.39 is 11.9 Å². The van der Waals surface area contributed by atoms with Gasteiger partial charge in [0, 0.05) is 12.5 Å². The Balaban J connectivity index is 1.84. The van der Waals surface area contributed by atoms with Crippen molar-refractivity contribution < 1.29 is 18.7 Å². The number of ether oxygens (including phenoxy) is 1. The minimum Gasteiger partial charge on any atom is -0.469 e. The van der Waals surface area contributed by atoms with Gasteiger partial charge in [-0.3, -0.25) is 14.5 Å². The number of carbonyl (C=O) groups excluding carboxylic acids is 2. The number of hydrogen-bond donors (Lipinski definition) is 0. The van der Waals surface area contributed by atoms with Crippen LogP contribution in [-0.4, -0.2) is 36.0 Å². The molecule has 0 aliphatic carbocycles. The largest absolute Gasteiger partial charge is 0.469 e. The van der Waals surface area contributed by atoms with Gasteiger partial charge in [0.2, 0.25) is 0 Å². The van der Waals surface area contributed by atoms with Crippen molar-refractivity contribution in [1.82, 2.24) is 4.90 Å². The molecule has 5 nitrogen and oxygen atoms in total. The third kappa shape index (κ3) is 3.17. The highest BCUT2D eigenvalue weighted by Gasteiger charge is 2.27. The fourth-order valence-corrected chi connectivity index (χ4v) is 1.88. The Hall–Kier alpha value is -1.62. The number of cyclic esters (lactones) is 2. The van der Waals surface area contributed by atoms with Crippen LogP contribution in [0.4, 0.5) is 0 Å². The summed E-state index contributed by atoms with van der Waals surface area (Å²) in [7, 11) is 0. The molecule has 1 aliphatic rings. The summed E-state index contributed by atoms with van der Waals surface area (Å²) in [5.41, 5.74) is 0. The molecule has 2 rings (SSSR count). The van der Waals surface area contributed by atoms with Gasteiger partial charge in [-0.05, 0) is 25.5 Å². The first-order valence-electron chi connectivity index (χ1n) is 5.65. The zero-order valence-corrected chi connectivity index (χ0v) is 9.72. The lowest BCUT2D eigenvalue weighted by Crippen LogP contribution is -2.47. The standard InChI is InChI=1S/C12H15NO4/c1-9(4-5-10-3-2-6-16-10)13-7-11(14)17-12(15)8-13/h2-3,6,9H,4-5,7-8H2,1H3. The van der Waals surface area contributed by atoms with E-state index in [1.807, 2.05) is 24.0 Å². The van der Waals surface area contributed by atoms with E-state index in [2.05, 4.69) is 4.74 Å². The van der Waals surface area contributed by atoms with E-state index in [4.69, 9.17) is 4.42 Å². The lowest BCUT2D eigenvalue weighted by molar-refractivity contribution is -0.167. The monoisotopic (exact) mass is 237 g/mol.